The smallest absolute Gasteiger partial charge is 0.215 e. The number of rotatable bonds is 5. The molecular weight excluding hydrogens is 312 g/mol. The van der Waals surface area contributed by atoms with Crippen molar-refractivity contribution < 1.29 is 16.8 Å². The molecule has 0 radical (unpaired) electrons. The van der Waals surface area contributed by atoms with E-state index in [0.717, 1.165) is 0 Å². The summed E-state index contributed by atoms with van der Waals surface area (Å²) in [5, 5.41) is 8.06. The second kappa shape index (κ2) is 6.13. The van der Waals surface area contributed by atoms with Crippen LogP contribution in [-0.2, 0) is 25.6 Å². The number of sulfonamides is 1. The number of nitrogens with one attached hydrogen (secondary N) is 1. The Morgan fingerprint density at radius 2 is 1.95 bits per heavy atom. The molecule has 6 nitrogen and oxygen atoms in total. The van der Waals surface area contributed by atoms with Gasteiger partial charge < -0.3 is 0 Å². The molecule has 1 fully saturated rings. The van der Waals surface area contributed by atoms with Crippen molar-refractivity contribution in [3.8, 4) is 6.07 Å². The van der Waals surface area contributed by atoms with Crippen molar-refractivity contribution in [1.82, 2.24) is 4.72 Å². The molecule has 114 valence electrons. The first-order valence-electron chi connectivity index (χ1n) is 6.50. The van der Waals surface area contributed by atoms with Crippen LogP contribution in [0.4, 0.5) is 0 Å². The molecule has 1 aliphatic heterocycles. The van der Waals surface area contributed by atoms with Gasteiger partial charge in [0.25, 0.3) is 0 Å². The van der Waals surface area contributed by atoms with Crippen molar-refractivity contribution in [1.29, 1.82) is 5.26 Å². The topological polar surface area (TPSA) is 104 Å². The van der Waals surface area contributed by atoms with Crippen molar-refractivity contribution in [2.45, 2.75) is 23.8 Å². The van der Waals surface area contributed by atoms with Gasteiger partial charge in [0.05, 0.1) is 28.4 Å². The molecular formula is C13H16N2O4S2. The van der Waals surface area contributed by atoms with Gasteiger partial charge in [0.2, 0.25) is 10.0 Å². The van der Waals surface area contributed by atoms with Crippen LogP contribution in [0.2, 0.25) is 0 Å². The fourth-order valence-corrected chi connectivity index (χ4v) is 5.31. The molecule has 21 heavy (non-hydrogen) atoms. The molecule has 0 saturated carbocycles. The molecule has 0 aliphatic carbocycles. The molecule has 0 aromatic heterocycles. The van der Waals surface area contributed by atoms with Gasteiger partial charge in [-0.2, -0.15) is 5.26 Å². The van der Waals surface area contributed by atoms with E-state index in [0.29, 0.717) is 24.0 Å². The van der Waals surface area contributed by atoms with Crippen molar-refractivity contribution in [3.05, 3.63) is 35.4 Å². The van der Waals surface area contributed by atoms with Crippen LogP contribution in [0.15, 0.2) is 24.3 Å². The maximum absolute atomic E-state index is 12.0. The first kappa shape index (κ1) is 15.9. The number of sulfone groups is 1. The third kappa shape index (κ3) is 4.27. The van der Waals surface area contributed by atoms with E-state index in [9.17, 15) is 16.8 Å². The predicted molar refractivity (Wildman–Crippen MR) is 78.6 cm³/mol. The van der Waals surface area contributed by atoms with Gasteiger partial charge in [-0.1, -0.05) is 12.1 Å². The van der Waals surface area contributed by atoms with E-state index < -0.39 is 25.1 Å². The van der Waals surface area contributed by atoms with E-state index in [-0.39, 0.29) is 18.1 Å². The quantitative estimate of drug-likeness (QED) is 0.850. The van der Waals surface area contributed by atoms with Crippen molar-refractivity contribution in [2.24, 2.45) is 0 Å². The summed E-state index contributed by atoms with van der Waals surface area (Å²) < 4.78 is 49.5. The van der Waals surface area contributed by atoms with Crippen LogP contribution in [-0.4, -0.2) is 34.4 Å². The van der Waals surface area contributed by atoms with Crippen LogP contribution in [0.3, 0.4) is 0 Å². The Bertz CT molecular complexity index is 746. The molecule has 1 N–H and O–H groups in total. The Balaban J connectivity index is 1.97. The zero-order valence-corrected chi connectivity index (χ0v) is 13.0. The van der Waals surface area contributed by atoms with Crippen LogP contribution in [0, 0.1) is 11.3 Å². The number of benzene rings is 1. The average Bonchev–Trinajstić information content (AvgIpc) is 2.76. The lowest BCUT2D eigenvalue weighted by molar-refractivity contribution is 0.570. The van der Waals surface area contributed by atoms with Crippen molar-refractivity contribution >= 4 is 19.9 Å². The highest BCUT2D eigenvalue weighted by Gasteiger charge is 2.31. The fourth-order valence-electron chi connectivity index (χ4n) is 2.25. The van der Waals surface area contributed by atoms with E-state index >= 15 is 0 Å². The second-order valence-electron chi connectivity index (χ2n) is 5.05. The zero-order chi connectivity index (χ0) is 15.5. The molecule has 1 aromatic carbocycles. The molecule has 0 amide bonds. The summed E-state index contributed by atoms with van der Waals surface area (Å²) >= 11 is 0. The van der Waals surface area contributed by atoms with Gasteiger partial charge in [-0.3, -0.25) is 0 Å². The molecule has 2 rings (SSSR count). The van der Waals surface area contributed by atoms with E-state index in [1.807, 2.05) is 6.07 Å². The van der Waals surface area contributed by atoms with E-state index in [1.54, 1.807) is 24.3 Å². The normalized spacial score (nSPS) is 21.0. The molecule has 1 heterocycles. The van der Waals surface area contributed by atoms with Gasteiger partial charge >= 0.3 is 0 Å². The molecule has 0 bridgehead atoms. The number of nitriles is 1. The Kier molecular flexibility index (Phi) is 4.66. The second-order valence-corrected chi connectivity index (χ2v) is 9.25. The zero-order valence-electron chi connectivity index (χ0n) is 11.3. The minimum absolute atomic E-state index is 0.0685. The lowest BCUT2D eigenvalue weighted by Gasteiger charge is -2.11. The first-order valence-corrected chi connectivity index (χ1v) is 9.87. The number of hydrogen-bond acceptors (Lipinski definition) is 5. The van der Waals surface area contributed by atoms with Gasteiger partial charge in [-0.25, -0.2) is 21.6 Å². The lowest BCUT2D eigenvalue weighted by Crippen LogP contribution is -2.35. The van der Waals surface area contributed by atoms with E-state index in [4.69, 9.17) is 5.26 Å². The Morgan fingerprint density at radius 1 is 1.29 bits per heavy atom. The predicted octanol–water partition coefficient (Wildman–Crippen LogP) is 0.555. The third-order valence-electron chi connectivity index (χ3n) is 3.43. The largest absolute Gasteiger partial charge is 0.229 e. The molecule has 1 saturated heterocycles. The minimum atomic E-state index is -3.59. The summed E-state index contributed by atoms with van der Waals surface area (Å²) in [6.07, 6.45) is 1.09. The van der Waals surface area contributed by atoms with Crippen LogP contribution in [0.1, 0.15) is 24.0 Å². The van der Waals surface area contributed by atoms with Gasteiger partial charge in [0.1, 0.15) is 0 Å². The van der Waals surface area contributed by atoms with Crippen LogP contribution in [0.25, 0.3) is 0 Å². The summed E-state index contributed by atoms with van der Waals surface area (Å²) in [5.74, 6) is -0.0967. The molecule has 1 atom stereocenters. The standard InChI is InChI=1S/C13H16N2O4S2/c14-8-11-3-5-12(6-4-11)10-21(18,19)15-9-13-2-1-7-20(13,16)17/h3-6,13,15H,1-2,7,9-10H2. The highest BCUT2D eigenvalue weighted by atomic mass is 32.2. The SMILES string of the molecule is N#Cc1ccc(CS(=O)(=O)NCC2CCCS2(=O)=O)cc1. The summed E-state index contributed by atoms with van der Waals surface area (Å²) in [4.78, 5) is 0. The van der Waals surface area contributed by atoms with Gasteiger partial charge in [0.15, 0.2) is 9.84 Å². The molecule has 8 heteroatoms. The average molecular weight is 328 g/mol. The Morgan fingerprint density at radius 3 is 2.48 bits per heavy atom. The summed E-state index contributed by atoms with van der Waals surface area (Å²) in [7, 11) is -6.74. The maximum atomic E-state index is 12.0. The van der Waals surface area contributed by atoms with Gasteiger partial charge in [-0.05, 0) is 30.5 Å². The monoisotopic (exact) mass is 328 g/mol. The highest BCUT2D eigenvalue weighted by molar-refractivity contribution is 7.92. The highest BCUT2D eigenvalue weighted by Crippen LogP contribution is 2.19. The fraction of sp³-hybridized carbons (Fsp3) is 0.462. The Hall–Kier alpha value is -1.43. The minimum Gasteiger partial charge on any atom is -0.229 e. The van der Waals surface area contributed by atoms with E-state index in [1.165, 1.54) is 0 Å². The van der Waals surface area contributed by atoms with Crippen molar-refractivity contribution in [3.63, 3.8) is 0 Å². The van der Waals surface area contributed by atoms with Gasteiger partial charge in [0, 0.05) is 6.54 Å². The van der Waals surface area contributed by atoms with Crippen LogP contribution < -0.4 is 4.72 Å². The third-order valence-corrected chi connectivity index (χ3v) is 7.03. The van der Waals surface area contributed by atoms with E-state index in [2.05, 4.69) is 4.72 Å². The van der Waals surface area contributed by atoms with Crippen LogP contribution in [0.5, 0.6) is 0 Å². The first-order chi connectivity index (χ1) is 9.82. The van der Waals surface area contributed by atoms with Crippen LogP contribution >= 0.6 is 0 Å². The molecule has 0 spiro atoms. The Labute approximate surface area is 124 Å². The number of nitrogens with zero attached hydrogens (tertiary/aromatic N) is 1. The molecule has 1 aromatic rings. The summed E-state index contributed by atoms with van der Waals surface area (Å²) in [6, 6.07) is 8.20. The maximum Gasteiger partial charge on any atom is 0.215 e. The summed E-state index contributed by atoms with van der Waals surface area (Å²) in [5.41, 5.74) is 1.01. The molecule has 1 aliphatic rings. The van der Waals surface area contributed by atoms with Crippen molar-refractivity contribution in [2.75, 3.05) is 12.3 Å². The molecule has 1 unspecified atom stereocenters. The number of hydrogen-bond donors (Lipinski definition) is 1. The van der Waals surface area contributed by atoms with Gasteiger partial charge in [-0.15, -0.1) is 0 Å². The summed E-state index contributed by atoms with van der Waals surface area (Å²) in [6.45, 7) is -0.0685. The lowest BCUT2D eigenvalue weighted by atomic mass is 10.2.